The fraction of sp³-hybridized carbons (Fsp3) is 0.889. The van der Waals surface area contributed by atoms with E-state index in [1.54, 1.807) is 38.5 Å². The van der Waals surface area contributed by atoms with Crippen molar-refractivity contribution in [2.75, 3.05) is 0 Å². The molecule has 7 atom stereocenters. The molecule has 0 heteroatoms. The monoisotopic (exact) mass is 242 g/mol. The first-order chi connectivity index (χ1) is 8.90. The molecular formula is C18H26. The molecule has 5 aliphatic rings. The van der Waals surface area contributed by atoms with Crippen LogP contribution in [-0.4, -0.2) is 0 Å². The molecule has 0 radical (unpaired) electrons. The summed E-state index contributed by atoms with van der Waals surface area (Å²) in [4.78, 5) is 0. The number of rotatable bonds is 2. The summed E-state index contributed by atoms with van der Waals surface area (Å²) in [6.07, 6.45) is 17.8. The second kappa shape index (κ2) is 3.64. The van der Waals surface area contributed by atoms with E-state index >= 15 is 0 Å². The molecule has 5 aliphatic carbocycles. The van der Waals surface area contributed by atoms with Crippen LogP contribution in [0.2, 0.25) is 0 Å². The van der Waals surface area contributed by atoms with Crippen LogP contribution in [-0.2, 0) is 0 Å². The highest BCUT2D eigenvalue weighted by Gasteiger charge is 2.60. The van der Waals surface area contributed by atoms with Gasteiger partial charge in [0.05, 0.1) is 0 Å². The summed E-state index contributed by atoms with van der Waals surface area (Å²) in [7, 11) is 0. The zero-order chi connectivity index (χ0) is 11.7. The highest BCUT2D eigenvalue weighted by molar-refractivity contribution is 5.20. The van der Waals surface area contributed by atoms with Crippen molar-refractivity contribution in [1.82, 2.24) is 0 Å². The Morgan fingerprint density at radius 2 is 1.61 bits per heavy atom. The molecule has 5 rings (SSSR count). The molecule has 7 unspecified atom stereocenters. The van der Waals surface area contributed by atoms with Gasteiger partial charge < -0.3 is 0 Å². The second-order valence-electron chi connectivity index (χ2n) is 8.14. The van der Waals surface area contributed by atoms with Gasteiger partial charge in [-0.05, 0) is 73.0 Å². The molecule has 0 nitrogen and oxygen atoms in total. The third kappa shape index (κ3) is 1.28. The lowest BCUT2D eigenvalue weighted by Crippen LogP contribution is -2.31. The molecule has 4 bridgehead atoms. The molecule has 0 aromatic heterocycles. The van der Waals surface area contributed by atoms with Crippen LogP contribution >= 0.6 is 0 Å². The molecule has 0 aromatic carbocycles. The quantitative estimate of drug-likeness (QED) is 0.488. The van der Waals surface area contributed by atoms with E-state index in [4.69, 9.17) is 0 Å². The molecule has 0 N–H and O–H groups in total. The van der Waals surface area contributed by atoms with E-state index in [9.17, 15) is 0 Å². The number of fused-ring (bicyclic) bond motifs is 9. The highest BCUT2D eigenvalue weighted by Crippen LogP contribution is 2.67. The van der Waals surface area contributed by atoms with Gasteiger partial charge in [0, 0.05) is 0 Å². The third-order valence-corrected chi connectivity index (χ3v) is 7.52. The van der Waals surface area contributed by atoms with E-state index < -0.39 is 0 Å². The normalized spacial score (nSPS) is 56.8. The summed E-state index contributed by atoms with van der Waals surface area (Å²) >= 11 is 0. The van der Waals surface area contributed by atoms with Gasteiger partial charge in [-0.25, -0.2) is 0 Å². The standard InChI is InChI=1S/C18H26/c1-2-4-11(3-1)7-14-9-15-10-16(14)18-13-6-5-12(8-13)17(15)18/h5-6,11-18H,1-4,7-10H2. The summed E-state index contributed by atoms with van der Waals surface area (Å²) < 4.78 is 0. The van der Waals surface area contributed by atoms with Crippen LogP contribution in [0.25, 0.3) is 0 Å². The van der Waals surface area contributed by atoms with Crippen LogP contribution in [0.1, 0.15) is 51.4 Å². The maximum Gasteiger partial charge on any atom is -0.0194 e. The maximum atomic E-state index is 2.60. The Morgan fingerprint density at radius 3 is 2.44 bits per heavy atom. The van der Waals surface area contributed by atoms with E-state index in [2.05, 4.69) is 12.2 Å². The van der Waals surface area contributed by atoms with E-state index in [1.165, 1.54) is 12.8 Å². The van der Waals surface area contributed by atoms with Crippen LogP contribution < -0.4 is 0 Å². The van der Waals surface area contributed by atoms with Crippen molar-refractivity contribution in [3.63, 3.8) is 0 Å². The van der Waals surface area contributed by atoms with Crippen molar-refractivity contribution in [2.24, 2.45) is 47.3 Å². The Labute approximate surface area is 111 Å². The Hall–Kier alpha value is -0.260. The number of hydrogen-bond acceptors (Lipinski definition) is 0. The summed E-state index contributed by atoms with van der Waals surface area (Å²) in [5.41, 5.74) is 0. The number of hydrogen-bond donors (Lipinski definition) is 0. The van der Waals surface area contributed by atoms with Gasteiger partial charge >= 0.3 is 0 Å². The fourth-order valence-electron chi connectivity index (χ4n) is 7.10. The first-order valence-electron chi connectivity index (χ1n) is 8.58. The first kappa shape index (κ1) is 10.5. The van der Waals surface area contributed by atoms with Crippen LogP contribution in [0.5, 0.6) is 0 Å². The van der Waals surface area contributed by atoms with Gasteiger partial charge in [-0.15, -0.1) is 0 Å². The summed E-state index contributed by atoms with van der Waals surface area (Å²) in [6, 6.07) is 0. The van der Waals surface area contributed by atoms with Crippen molar-refractivity contribution >= 4 is 0 Å². The minimum absolute atomic E-state index is 1.02. The molecular weight excluding hydrogens is 216 g/mol. The van der Waals surface area contributed by atoms with E-state index in [1.807, 2.05) is 0 Å². The van der Waals surface area contributed by atoms with Crippen LogP contribution in [0.15, 0.2) is 12.2 Å². The lowest BCUT2D eigenvalue weighted by atomic mass is 9.67. The largest absolute Gasteiger partial charge is 0.0848 e. The summed E-state index contributed by atoms with van der Waals surface area (Å²) in [5, 5.41) is 0. The lowest BCUT2D eigenvalue weighted by Gasteiger charge is -2.37. The van der Waals surface area contributed by atoms with Gasteiger partial charge in [0.2, 0.25) is 0 Å². The van der Waals surface area contributed by atoms with Crippen LogP contribution in [0, 0.1) is 47.3 Å². The van der Waals surface area contributed by atoms with Gasteiger partial charge in [0.15, 0.2) is 0 Å². The maximum absolute atomic E-state index is 2.60. The van der Waals surface area contributed by atoms with Gasteiger partial charge in [-0.3, -0.25) is 0 Å². The van der Waals surface area contributed by atoms with Crippen molar-refractivity contribution in [3.05, 3.63) is 12.2 Å². The van der Waals surface area contributed by atoms with Crippen molar-refractivity contribution in [1.29, 1.82) is 0 Å². The topological polar surface area (TPSA) is 0 Å². The zero-order valence-corrected chi connectivity index (χ0v) is 11.4. The molecule has 18 heavy (non-hydrogen) atoms. The summed E-state index contributed by atoms with van der Waals surface area (Å²) in [6.45, 7) is 0. The Kier molecular flexibility index (Phi) is 2.13. The zero-order valence-electron chi connectivity index (χ0n) is 11.4. The van der Waals surface area contributed by atoms with Gasteiger partial charge in [0.1, 0.15) is 0 Å². The molecule has 98 valence electrons. The van der Waals surface area contributed by atoms with Crippen molar-refractivity contribution < 1.29 is 0 Å². The van der Waals surface area contributed by atoms with Crippen molar-refractivity contribution in [3.8, 4) is 0 Å². The second-order valence-corrected chi connectivity index (χ2v) is 8.14. The highest BCUT2D eigenvalue weighted by atomic mass is 14.6. The van der Waals surface area contributed by atoms with Crippen LogP contribution in [0.4, 0.5) is 0 Å². The molecule has 0 amide bonds. The lowest BCUT2D eigenvalue weighted by molar-refractivity contribution is 0.132. The SMILES string of the molecule is C1=CC2CC1C1C3CC(CC4CCCC4)C(C3)C21. The van der Waals surface area contributed by atoms with Gasteiger partial charge in [-0.2, -0.15) is 0 Å². The Balaban J connectivity index is 1.36. The van der Waals surface area contributed by atoms with E-state index in [0.717, 1.165) is 47.3 Å². The summed E-state index contributed by atoms with van der Waals surface area (Å²) in [5.74, 6) is 8.89. The predicted molar refractivity (Wildman–Crippen MR) is 74.0 cm³/mol. The van der Waals surface area contributed by atoms with Gasteiger partial charge in [-0.1, -0.05) is 37.8 Å². The molecule has 0 saturated heterocycles. The molecule has 0 spiro atoms. The predicted octanol–water partition coefficient (Wildman–Crippen LogP) is 4.66. The van der Waals surface area contributed by atoms with E-state index in [-0.39, 0.29) is 0 Å². The smallest absolute Gasteiger partial charge is 0.0194 e. The minimum Gasteiger partial charge on any atom is -0.0848 e. The average molecular weight is 242 g/mol. The molecule has 0 aromatic rings. The average Bonchev–Trinajstić information content (AvgIpc) is 3.16. The van der Waals surface area contributed by atoms with Crippen molar-refractivity contribution in [2.45, 2.75) is 51.4 Å². The first-order valence-corrected chi connectivity index (χ1v) is 8.58. The molecule has 4 fully saturated rings. The third-order valence-electron chi connectivity index (χ3n) is 7.52. The Morgan fingerprint density at radius 1 is 0.833 bits per heavy atom. The molecule has 4 saturated carbocycles. The van der Waals surface area contributed by atoms with Gasteiger partial charge in [0.25, 0.3) is 0 Å². The van der Waals surface area contributed by atoms with Crippen LogP contribution in [0.3, 0.4) is 0 Å². The Bertz CT molecular complexity index is 375. The minimum atomic E-state index is 1.02. The fourth-order valence-corrected chi connectivity index (χ4v) is 7.10. The molecule has 0 heterocycles. The van der Waals surface area contributed by atoms with E-state index in [0.29, 0.717) is 0 Å². The molecule has 0 aliphatic heterocycles. The number of allylic oxidation sites excluding steroid dienone is 2.